The van der Waals surface area contributed by atoms with E-state index in [9.17, 15) is 4.39 Å². The Bertz CT molecular complexity index is 481. The van der Waals surface area contributed by atoms with E-state index in [2.05, 4.69) is 11.8 Å². The molecule has 0 aliphatic heterocycles. The molecular weight excluding hydrogens is 271 g/mol. The lowest BCUT2D eigenvalue weighted by molar-refractivity contribution is 0.312. The Balaban J connectivity index is 2.09. The van der Waals surface area contributed by atoms with Gasteiger partial charge in [0, 0.05) is 18.7 Å². The normalized spacial score (nSPS) is 22.6. The smallest absolute Gasteiger partial charge is 0.147 e. The van der Waals surface area contributed by atoms with E-state index in [0.29, 0.717) is 17.3 Å². The Hall–Kier alpha value is -1.16. The van der Waals surface area contributed by atoms with Crippen molar-refractivity contribution >= 4 is 22.9 Å². The van der Waals surface area contributed by atoms with Gasteiger partial charge in [0.25, 0.3) is 0 Å². The molecule has 2 rings (SSSR count). The summed E-state index contributed by atoms with van der Waals surface area (Å²) < 4.78 is 14.2. The molecule has 0 amide bonds. The highest BCUT2D eigenvalue weighted by Gasteiger charge is 2.24. The fraction of sp³-hybridized carbons (Fsp3) is 0.562. The Kier molecular flexibility index (Phi) is 4.97. The maximum atomic E-state index is 14.2. The fourth-order valence-electron chi connectivity index (χ4n) is 3.08. The minimum absolute atomic E-state index is 0.238. The van der Waals surface area contributed by atoms with E-state index in [4.69, 9.17) is 18.0 Å². The van der Waals surface area contributed by atoms with Crippen molar-refractivity contribution in [3.8, 4) is 0 Å². The molecule has 0 unspecified atom stereocenters. The molecule has 2 nitrogen and oxygen atoms in total. The van der Waals surface area contributed by atoms with E-state index < -0.39 is 0 Å². The molecule has 0 heterocycles. The van der Waals surface area contributed by atoms with Crippen molar-refractivity contribution in [3.05, 3.63) is 29.6 Å². The van der Waals surface area contributed by atoms with Gasteiger partial charge in [0.2, 0.25) is 0 Å². The highest BCUT2D eigenvalue weighted by Crippen LogP contribution is 2.32. The van der Waals surface area contributed by atoms with Gasteiger partial charge in [0.1, 0.15) is 10.8 Å². The fourth-order valence-corrected chi connectivity index (χ4v) is 3.21. The second-order valence-electron chi connectivity index (χ2n) is 5.72. The predicted octanol–water partition coefficient (Wildman–Crippen LogP) is 3.86. The number of nitrogens with two attached hydrogens (primary N) is 1. The van der Waals surface area contributed by atoms with Gasteiger partial charge in [-0.05, 0) is 49.8 Å². The summed E-state index contributed by atoms with van der Waals surface area (Å²) in [7, 11) is 1.98. The van der Waals surface area contributed by atoms with Crippen LogP contribution in [0.1, 0.15) is 44.6 Å². The van der Waals surface area contributed by atoms with Crippen molar-refractivity contribution in [2.45, 2.75) is 45.1 Å². The SMILES string of the molecule is CCC1CCC(N(C)c2ccc(C(N)=S)cc2F)CC1. The Morgan fingerprint density at radius 2 is 2.00 bits per heavy atom. The number of anilines is 1. The molecule has 1 saturated carbocycles. The summed E-state index contributed by atoms with van der Waals surface area (Å²) in [5.41, 5.74) is 6.76. The first-order chi connectivity index (χ1) is 9.52. The summed E-state index contributed by atoms with van der Waals surface area (Å²) in [4.78, 5) is 2.31. The van der Waals surface area contributed by atoms with Gasteiger partial charge in [0.05, 0.1) is 5.69 Å². The van der Waals surface area contributed by atoms with E-state index >= 15 is 0 Å². The number of hydrogen-bond acceptors (Lipinski definition) is 2. The van der Waals surface area contributed by atoms with E-state index in [0.717, 1.165) is 18.8 Å². The van der Waals surface area contributed by atoms with Gasteiger partial charge < -0.3 is 10.6 Å². The summed E-state index contributed by atoms with van der Waals surface area (Å²) >= 11 is 4.88. The molecule has 4 heteroatoms. The molecule has 0 radical (unpaired) electrons. The molecule has 0 saturated heterocycles. The van der Waals surface area contributed by atoms with Gasteiger partial charge in [-0.2, -0.15) is 0 Å². The average molecular weight is 294 g/mol. The maximum absolute atomic E-state index is 14.2. The third-order valence-corrected chi connectivity index (χ3v) is 4.79. The second-order valence-corrected chi connectivity index (χ2v) is 6.16. The summed E-state index contributed by atoms with van der Waals surface area (Å²) in [5, 5.41) is 0. The lowest BCUT2D eigenvalue weighted by atomic mass is 9.84. The van der Waals surface area contributed by atoms with E-state index in [1.807, 2.05) is 7.05 Å². The van der Waals surface area contributed by atoms with E-state index in [1.54, 1.807) is 12.1 Å². The number of hydrogen-bond donors (Lipinski definition) is 1. The average Bonchev–Trinajstić information content (AvgIpc) is 2.46. The van der Waals surface area contributed by atoms with E-state index in [1.165, 1.54) is 25.3 Å². The molecule has 0 spiro atoms. The third kappa shape index (κ3) is 3.29. The Morgan fingerprint density at radius 3 is 2.50 bits per heavy atom. The first kappa shape index (κ1) is 15.2. The number of nitrogens with zero attached hydrogens (tertiary/aromatic N) is 1. The number of thiocarbonyl (C=S) groups is 1. The largest absolute Gasteiger partial charge is 0.389 e. The van der Waals surface area contributed by atoms with Gasteiger partial charge in [-0.3, -0.25) is 0 Å². The lowest BCUT2D eigenvalue weighted by Gasteiger charge is -2.36. The topological polar surface area (TPSA) is 29.3 Å². The molecule has 110 valence electrons. The highest BCUT2D eigenvalue weighted by molar-refractivity contribution is 7.80. The number of rotatable bonds is 4. The molecule has 20 heavy (non-hydrogen) atoms. The molecule has 1 aliphatic rings. The molecule has 1 fully saturated rings. The van der Waals surface area contributed by atoms with Crippen LogP contribution in [0.5, 0.6) is 0 Å². The quantitative estimate of drug-likeness (QED) is 0.855. The van der Waals surface area contributed by atoms with Crippen LogP contribution < -0.4 is 10.6 Å². The summed E-state index contributed by atoms with van der Waals surface area (Å²) in [6, 6.07) is 5.46. The third-order valence-electron chi connectivity index (χ3n) is 4.55. The minimum atomic E-state index is -0.240. The van der Waals surface area contributed by atoms with Gasteiger partial charge >= 0.3 is 0 Å². The van der Waals surface area contributed by atoms with Gasteiger partial charge in [0.15, 0.2) is 0 Å². The van der Waals surface area contributed by atoms with Crippen LogP contribution >= 0.6 is 12.2 Å². The summed E-state index contributed by atoms with van der Waals surface area (Å²) in [5.74, 6) is 0.608. The van der Waals surface area contributed by atoms with Crippen LogP contribution in [-0.2, 0) is 0 Å². The second kappa shape index (κ2) is 6.53. The summed E-state index contributed by atoms with van der Waals surface area (Å²) in [6.07, 6.45) is 6.04. The van der Waals surface area contributed by atoms with Crippen molar-refractivity contribution < 1.29 is 4.39 Å². The van der Waals surface area contributed by atoms with Crippen LogP contribution in [0.25, 0.3) is 0 Å². The van der Waals surface area contributed by atoms with Crippen LogP contribution in [0.2, 0.25) is 0 Å². The number of halogens is 1. The van der Waals surface area contributed by atoms with Gasteiger partial charge in [-0.25, -0.2) is 4.39 Å². The lowest BCUT2D eigenvalue weighted by Crippen LogP contribution is -2.35. The molecule has 1 aromatic rings. The van der Waals surface area contributed by atoms with Crippen LogP contribution in [0.4, 0.5) is 10.1 Å². The molecular formula is C16H23FN2S. The zero-order chi connectivity index (χ0) is 14.7. The minimum Gasteiger partial charge on any atom is -0.389 e. The first-order valence-electron chi connectivity index (χ1n) is 7.35. The maximum Gasteiger partial charge on any atom is 0.147 e. The molecule has 0 bridgehead atoms. The Morgan fingerprint density at radius 1 is 1.35 bits per heavy atom. The Labute approximate surface area is 126 Å². The van der Waals surface area contributed by atoms with Crippen LogP contribution in [0.15, 0.2) is 18.2 Å². The molecule has 1 aromatic carbocycles. The first-order valence-corrected chi connectivity index (χ1v) is 7.76. The van der Waals surface area contributed by atoms with Crippen LogP contribution in [-0.4, -0.2) is 18.1 Å². The van der Waals surface area contributed by atoms with Crippen molar-refractivity contribution in [2.75, 3.05) is 11.9 Å². The van der Waals surface area contributed by atoms with Crippen molar-refractivity contribution in [1.29, 1.82) is 0 Å². The van der Waals surface area contributed by atoms with Crippen LogP contribution in [0, 0.1) is 11.7 Å². The number of benzene rings is 1. The van der Waals surface area contributed by atoms with Crippen molar-refractivity contribution in [2.24, 2.45) is 11.7 Å². The molecule has 1 aliphatic carbocycles. The van der Waals surface area contributed by atoms with Gasteiger partial charge in [-0.15, -0.1) is 0 Å². The predicted molar refractivity (Wildman–Crippen MR) is 86.7 cm³/mol. The van der Waals surface area contributed by atoms with Crippen molar-refractivity contribution in [3.63, 3.8) is 0 Å². The highest BCUT2D eigenvalue weighted by atomic mass is 32.1. The monoisotopic (exact) mass is 294 g/mol. The zero-order valence-electron chi connectivity index (χ0n) is 12.2. The van der Waals surface area contributed by atoms with E-state index in [-0.39, 0.29) is 10.8 Å². The molecule has 0 atom stereocenters. The van der Waals surface area contributed by atoms with Crippen molar-refractivity contribution in [1.82, 2.24) is 0 Å². The summed E-state index contributed by atoms with van der Waals surface area (Å²) in [6.45, 7) is 2.25. The van der Waals surface area contributed by atoms with Gasteiger partial charge in [-0.1, -0.05) is 25.6 Å². The van der Waals surface area contributed by atoms with Crippen LogP contribution in [0.3, 0.4) is 0 Å². The standard InChI is InChI=1S/C16H23FN2S/c1-3-11-4-7-13(8-5-11)19(2)15-9-6-12(16(18)20)10-14(15)17/h6,9-11,13H,3-5,7-8H2,1-2H3,(H2,18,20). The zero-order valence-corrected chi connectivity index (χ0v) is 13.0. The molecule has 2 N–H and O–H groups in total. The molecule has 0 aromatic heterocycles.